The van der Waals surface area contributed by atoms with E-state index in [1.165, 1.54) is 6.08 Å². The molecule has 0 fully saturated rings. The summed E-state index contributed by atoms with van der Waals surface area (Å²) in [6.07, 6.45) is 6.37. The van der Waals surface area contributed by atoms with Crippen molar-refractivity contribution in [2.45, 2.75) is 6.92 Å². The fraction of sp³-hybridized carbons (Fsp3) is 0.0476. The molecule has 0 aliphatic heterocycles. The molecule has 4 nitrogen and oxygen atoms in total. The van der Waals surface area contributed by atoms with E-state index in [1.54, 1.807) is 79.7 Å². The minimum absolute atomic E-state index is 0.163. The number of carbonyl (C=O) groups is 2. The molecule has 0 bridgehead atoms. The first kappa shape index (κ1) is 17.9. The average Bonchev–Trinajstić information content (AvgIpc) is 2.63. The van der Waals surface area contributed by atoms with Gasteiger partial charge in [0, 0.05) is 0 Å². The molecule has 2 aromatic carbocycles. The van der Waals surface area contributed by atoms with Crippen molar-refractivity contribution in [3.05, 3.63) is 96.6 Å². The molecule has 2 rings (SSSR count). The Balaban J connectivity index is 2.20. The SMILES string of the molecule is C=C/C=C(\C=C/C)C(=O)Oc1ccccc1OC(=O)c1ccccc1. The standard InChI is InChI=1S/C21H18O4/c1-3-10-16(11-4-2)20(22)24-18-14-8-9-15-19(18)25-21(23)17-12-6-5-7-13-17/h3-15H,1H2,2H3/b11-4-,16-10+. The molecular weight excluding hydrogens is 316 g/mol. The molecule has 2 aromatic rings. The van der Waals surface area contributed by atoms with Crippen LogP contribution in [0, 0.1) is 0 Å². The lowest BCUT2D eigenvalue weighted by Crippen LogP contribution is -2.13. The maximum atomic E-state index is 12.3. The lowest BCUT2D eigenvalue weighted by atomic mass is 10.2. The Labute approximate surface area is 146 Å². The van der Waals surface area contributed by atoms with Gasteiger partial charge in [0.25, 0.3) is 0 Å². The van der Waals surface area contributed by atoms with Gasteiger partial charge in [-0.25, -0.2) is 9.59 Å². The minimum Gasteiger partial charge on any atom is -0.419 e. The van der Waals surface area contributed by atoms with Crippen LogP contribution < -0.4 is 9.47 Å². The first-order valence-electron chi connectivity index (χ1n) is 7.69. The van der Waals surface area contributed by atoms with Gasteiger partial charge >= 0.3 is 11.9 Å². The van der Waals surface area contributed by atoms with Gasteiger partial charge in [-0.05, 0) is 37.3 Å². The molecule has 4 heteroatoms. The van der Waals surface area contributed by atoms with Crippen LogP contribution in [-0.2, 0) is 4.79 Å². The van der Waals surface area contributed by atoms with Crippen LogP contribution >= 0.6 is 0 Å². The Morgan fingerprint density at radius 2 is 1.52 bits per heavy atom. The lowest BCUT2D eigenvalue weighted by molar-refractivity contribution is -0.129. The number of carbonyl (C=O) groups excluding carboxylic acids is 2. The second kappa shape index (κ2) is 9.03. The summed E-state index contributed by atoms with van der Waals surface area (Å²) >= 11 is 0. The molecule has 0 unspecified atom stereocenters. The van der Waals surface area contributed by atoms with E-state index in [1.807, 2.05) is 0 Å². The van der Waals surface area contributed by atoms with E-state index < -0.39 is 11.9 Å². The normalized spacial score (nSPS) is 11.2. The number of hydrogen-bond donors (Lipinski definition) is 0. The summed E-state index contributed by atoms with van der Waals surface area (Å²) in [5.41, 5.74) is 0.742. The second-order valence-corrected chi connectivity index (χ2v) is 4.95. The third-order valence-electron chi connectivity index (χ3n) is 3.14. The van der Waals surface area contributed by atoms with Gasteiger partial charge in [-0.1, -0.05) is 55.1 Å². The van der Waals surface area contributed by atoms with Crippen LogP contribution in [0.15, 0.2) is 91.1 Å². The maximum Gasteiger partial charge on any atom is 0.343 e. The van der Waals surface area contributed by atoms with Crippen molar-refractivity contribution in [2.75, 3.05) is 0 Å². The van der Waals surface area contributed by atoms with Crippen molar-refractivity contribution in [3.8, 4) is 11.5 Å². The number of hydrogen-bond acceptors (Lipinski definition) is 4. The Bertz CT molecular complexity index is 817. The molecule has 0 aliphatic carbocycles. The third-order valence-corrected chi connectivity index (χ3v) is 3.14. The highest BCUT2D eigenvalue weighted by molar-refractivity contribution is 5.94. The Morgan fingerprint density at radius 3 is 2.12 bits per heavy atom. The Morgan fingerprint density at radius 1 is 0.920 bits per heavy atom. The lowest BCUT2D eigenvalue weighted by Gasteiger charge is -2.10. The van der Waals surface area contributed by atoms with Gasteiger partial charge in [0.05, 0.1) is 11.1 Å². The number of benzene rings is 2. The van der Waals surface area contributed by atoms with Crippen molar-refractivity contribution in [1.82, 2.24) is 0 Å². The number of esters is 2. The maximum absolute atomic E-state index is 12.3. The highest BCUT2D eigenvalue weighted by Crippen LogP contribution is 2.28. The molecule has 0 radical (unpaired) electrons. The van der Waals surface area contributed by atoms with Crippen molar-refractivity contribution >= 4 is 11.9 Å². The number of rotatable bonds is 6. The van der Waals surface area contributed by atoms with Crippen molar-refractivity contribution in [3.63, 3.8) is 0 Å². The zero-order valence-corrected chi connectivity index (χ0v) is 13.8. The predicted molar refractivity (Wildman–Crippen MR) is 96.6 cm³/mol. The fourth-order valence-corrected chi connectivity index (χ4v) is 2.01. The molecule has 0 aromatic heterocycles. The largest absolute Gasteiger partial charge is 0.419 e. The summed E-state index contributed by atoms with van der Waals surface area (Å²) in [5, 5.41) is 0. The molecule has 0 saturated carbocycles. The molecule has 0 saturated heterocycles. The van der Waals surface area contributed by atoms with E-state index in [2.05, 4.69) is 6.58 Å². The monoisotopic (exact) mass is 334 g/mol. The van der Waals surface area contributed by atoms with E-state index >= 15 is 0 Å². The van der Waals surface area contributed by atoms with E-state index in [0.29, 0.717) is 11.1 Å². The summed E-state index contributed by atoms with van der Waals surface area (Å²) in [5.74, 6) is -0.764. The number of allylic oxidation sites excluding steroid dienone is 3. The van der Waals surface area contributed by atoms with Crippen LogP contribution in [0.2, 0.25) is 0 Å². The highest BCUT2D eigenvalue weighted by atomic mass is 16.6. The van der Waals surface area contributed by atoms with Crippen molar-refractivity contribution < 1.29 is 19.1 Å². The van der Waals surface area contributed by atoms with Crippen LogP contribution in [0.25, 0.3) is 0 Å². The van der Waals surface area contributed by atoms with Crippen LogP contribution in [0.5, 0.6) is 11.5 Å². The molecule has 126 valence electrons. The zero-order valence-electron chi connectivity index (χ0n) is 13.8. The second-order valence-electron chi connectivity index (χ2n) is 4.95. The summed E-state index contributed by atoms with van der Waals surface area (Å²) < 4.78 is 10.7. The van der Waals surface area contributed by atoms with Gasteiger partial charge in [-0.15, -0.1) is 0 Å². The molecule has 0 N–H and O–H groups in total. The van der Waals surface area contributed by atoms with E-state index in [9.17, 15) is 9.59 Å². The van der Waals surface area contributed by atoms with E-state index in [0.717, 1.165) is 0 Å². The summed E-state index contributed by atoms with van der Waals surface area (Å²) in [6.45, 7) is 5.37. The highest BCUT2D eigenvalue weighted by Gasteiger charge is 2.15. The van der Waals surface area contributed by atoms with E-state index in [-0.39, 0.29) is 11.5 Å². The van der Waals surface area contributed by atoms with Crippen molar-refractivity contribution in [2.24, 2.45) is 0 Å². The number of ether oxygens (including phenoxy) is 2. The topological polar surface area (TPSA) is 52.6 Å². The van der Waals surface area contributed by atoms with Gasteiger partial charge in [0.1, 0.15) is 0 Å². The van der Waals surface area contributed by atoms with Crippen LogP contribution in [0.1, 0.15) is 17.3 Å². The molecule has 0 atom stereocenters. The summed E-state index contributed by atoms with van der Waals surface area (Å²) in [7, 11) is 0. The third kappa shape index (κ3) is 5.04. The average molecular weight is 334 g/mol. The summed E-state index contributed by atoms with van der Waals surface area (Å²) in [4.78, 5) is 24.5. The molecule has 0 amide bonds. The van der Waals surface area contributed by atoms with Gasteiger partial charge in [-0.3, -0.25) is 0 Å². The zero-order chi connectivity index (χ0) is 18.1. The Hall–Kier alpha value is -3.40. The molecular formula is C21H18O4. The first-order valence-corrected chi connectivity index (χ1v) is 7.69. The molecule has 0 heterocycles. The van der Waals surface area contributed by atoms with Gasteiger partial charge in [0.15, 0.2) is 11.5 Å². The molecule has 0 spiro atoms. The Kier molecular flexibility index (Phi) is 6.48. The van der Waals surface area contributed by atoms with Crippen LogP contribution in [0.4, 0.5) is 0 Å². The van der Waals surface area contributed by atoms with Crippen molar-refractivity contribution in [1.29, 1.82) is 0 Å². The van der Waals surface area contributed by atoms with E-state index in [4.69, 9.17) is 9.47 Å². The first-order chi connectivity index (χ1) is 12.2. The van der Waals surface area contributed by atoms with Gasteiger partial charge in [0.2, 0.25) is 0 Å². The fourth-order valence-electron chi connectivity index (χ4n) is 2.01. The molecule has 0 aliphatic rings. The molecule has 25 heavy (non-hydrogen) atoms. The predicted octanol–water partition coefficient (Wildman–Crippen LogP) is 4.50. The summed E-state index contributed by atoms with van der Waals surface area (Å²) in [6, 6.07) is 15.1. The van der Waals surface area contributed by atoms with Crippen LogP contribution in [0.3, 0.4) is 0 Å². The quantitative estimate of drug-likeness (QED) is 0.338. The van der Waals surface area contributed by atoms with Gasteiger partial charge in [-0.2, -0.15) is 0 Å². The van der Waals surface area contributed by atoms with Crippen LogP contribution in [-0.4, -0.2) is 11.9 Å². The minimum atomic E-state index is -0.568. The smallest absolute Gasteiger partial charge is 0.343 e. The number of para-hydroxylation sites is 2. The van der Waals surface area contributed by atoms with Gasteiger partial charge < -0.3 is 9.47 Å².